The maximum absolute atomic E-state index is 5.79. The quantitative estimate of drug-likeness (QED) is 0.446. The van der Waals surface area contributed by atoms with Gasteiger partial charge < -0.3 is 15.4 Å². The van der Waals surface area contributed by atoms with Gasteiger partial charge in [-0.05, 0) is 25.8 Å². The van der Waals surface area contributed by atoms with Crippen LogP contribution in [0.15, 0.2) is 35.3 Å². The van der Waals surface area contributed by atoms with E-state index in [1.54, 1.807) is 0 Å². The third kappa shape index (κ3) is 6.61. The first-order valence-corrected chi connectivity index (χ1v) is 9.78. The molecule has 5 nitrogen and oxygen atoms in total. The fraction of sp³-hybridized carbons (Fsp3) is 0.667. The second-order valence-electron chi connectivity index (χ2n) is 7.97. The summed E-state index contributed by atoms with van der Waals surface area (Å²) in [7, 11) is 1.83. The zero-order chi connectivity index (χ0) is 19.0. The highest BCUT2D eigenvalue weighted by molar-refractivity contribution is 5.79. The van der Waals surface area contributed by atoms with Crippen molar-refractivity contribution in [2.75, 3.05) is 39.8 Å². The molecule has 1 aliphatic heterocycles. The maximum atomic E-state index is 5.79. The first-order chi connectivity index (χ1) is 12.4. The Bertz CT molecular complexity index is 548. The second-order valence-corrected chi connectivity index (χ2v) is 7.97. The molecule has 0 bridgehead atoms. The zero-order valence-corrected chi connectivity index (χ0v) is 17.1. The average Bonchev–Trinajstić information content (AvgIpc) is 2.61. The minimum Gasteiger partial charge on any atom is -0.373 e. The Balaban J connectivity index is 1.69. The lowest BCUT2D eigenvalue weighted by Crippen LogP contribution is -2.47. The molecule has 26 heavy (non-hydrogen) atoms. The van der Waals surface area contributed by atoms with E-state index in [4.69, 9.17) is 4.74 Å². The number of aliphatic imine (C=N–C) groups is 1. The molecule has 2 atom stereocenters. The van der Waals surface area contributed by atoms with Crippen molar-refractivity contribution in [2.45, 2.75) is 51.7 Å². The van der Waals surface area contributed by atoms with Gasteiger partial charge in [0.2, 0.25) is 0 Å². The molecule has 5 heteroatoms. The molecule has 0 aromatic heterocycles. The van der Waals surface area contributed by atoms with Crippen molar-refractivity contribution in [1.82, 2.24) is 15.5 Å². The molecular weight excluding hydrogens is 324 g/mol. The van der Waals surface area contributed by atoms with Crippen LogP contribution in [0.4, 0.5) is 0 Å². The number of benzene rings is 1. The number of hydrogen-bond acceptors (Lipinski definition) is 3. The highest BCUT2D eigenvalue weighted by Crippen LogP contribution is 2.21. The van der Waals surface area contributed by atoms with Crippen molar-refractivity contribution in [3.63, 3.8) is 0 Å². The average molecular weight is 361 g/mol. The van der Waals surface area contributed by atoms with Crippen molar-refractivity contribution in [3.05, 3.63) is 35.9 Å². The summed E-state index contributed by atoms with van der Waals surface area (Å²) in [6.07, 6.45) is 1.77. The molecule has 1 aliphatic rings. The third-order valence-electron chi connectivity index (χ3n) is 4.92. The van der Waals surface area contributed by atoms with Crippen molar-refractivity contribution >= 4 is 5.96 Å². The highest BCUT2D eigenvalue weighted by Gasteiger charge is 2.22. The zero-order valence-electron chi connectivity index (χ0n) is 17.1. The van der Waals surface area contributed by atoms with Crippen molar-refractivity contribution in [2.24, 2.45) is 4.99 Å². The number of morpholine rings is 1. The number of hydrogen-bond donors (Lipinski definition) is 2. The van der Waals surface area contributed by atoms with Crippen LogP contribution in [-0.4, -0.2) is 62.8 Å². The number of nitrogens with zero attached hydrogens (tertiary/aromatic N) is 2. The molecule has 2 N–H and O–H groups in total. The highest BCUT2D eigenvalue weighted by atomic mass is 16.5. The van der Waals surface area contributed by atoms with Crippen LogP contribution in [0.25, 0.3) is 0 Å². The molecule has 1 heterocycles. The van der Waals surface area contributed by atoms with Crippen LogP contribution < -0.4 is 10.6 Å². The Kier molecular flexibility index (Phi) is 7.91. The number of nitrogens with one attached hydrogen (secondary N) is 2. The number of rotatable bonds is 7. The minimum atomic E-state index is 0.0545. The van der Waals surface area contributed by atoms with Crippen molar-refractivity contribution in [3.8, 4) is 0 Å². The summed E-state index contributed by atoms with van der Waals surface area (Å²) >= 11 is 0. The van der Waals surface area contributed by atoms with Crippen LogP contribution in [-0.2, 0) is 10.2 Å². The fourth-order valence-corrected chi connectivity index (χ4v) is 3.49. The van der Waals surface area contributed by atoms with Crippen LogP contribution in [0.2, 0.25) is 0 Å². The van der Waals surface area contributed by atoms with Gasteiger partial charge in [-0.25, -0.2) is 0 Å². The van der Waals surface area contributed by atoms with Gasteiger partial charge in [-0.1, -0.05) is 44.2 Å². The van der Waals surface area contributed by atoms with E-state index in [2.05, 4.69) is 78.6 Å². The maximum Gasteiger partial charge on any atom is 0.191 e. The van der Waals surface area contributed by atoms with E-state index < -0.39 is 0 Å². The first-order valence-electron chi connectivity index (χ1n) is 9.78. The third-order valence-corrected chi connectivity index (χ3v) is 4.92. The lowest BCUT2D eigenvalue weighted by atomic mass is 9.85. The van der Waals surface area contributed by atoms with E-state index in [9.17, 15) is 0 Å². The Hall–Kier alpha value is -1.59. The van der Waals surface area contributed by atoms with Crippen molar-refractivity contribution in [1.29, 1.82) is 0 Å². The molecule has 0 radical (unpaired) electrons. The molecule has 2 unspecified atom stereocenters. The summed E-state index contributed by atoms with van der Waals surface area (Å²) in [5.41, 5.74) is 1.39. The molecule has 2 rings (SSSR count). The van der Waals surface area contributed by atoms with E-state index in [1.807, 2.05) is 7.05 Å². The summed E-state index contributed by atoms with van der Waals surface area (Å²) in [5, 5.41) is 6.90. The molecule has 1 saturated heterocycles. The standard InChI is InChI=1S/C21H36N4O/c1-17-14-25(15-18(2)26-17)13-9-12-23-20(22-5)24-16-21(3,4)19-10-7-6-8-11-19/h6-8,10-11,17-18H,9,12-16H2,1-5H3,(H2,22,23,24). The molecule has 0 amide bonds. The smallest absolute Gasteiger partial charge is 0.191 e. The van der Waals surface area contributed by atoms with Gasteiger partial charge in [0.25, 0.3) is 0 Å². The van der Waals surface area contributed by atoms with Gasteiger partial charge in [-0.15, -0.1) is 0 Å². The van der Waals surface area contributed by atoms with Gasteiger partial charge in [-0.3, -0.25) is 9.89 Å². The summed E-state index contributed by atoms with van der Waals surface area (Å²) in [6, 6.07) is 10.6. The number of guanidine groups is 1. The Morgan fingerprint density at radius 2 is 1.81 bits per heavy atom. The Labute approximate surface area is 159 Å². The fourth-order valence-electron chi connectivity index (χ4n) is 3.49. The summed E-state index contributed by atoms with van der Waals surface area (Å²) < 4.78 is 5.79. The SMILES string of the molecule is CN=C(NCCCN1CC(C)OC(C)C1)NCC(C)(C)c1ccccc1. The summed E-state index contributed by atoms with van der Waals surface area (Å²) in [4.78, 5) is 6.85. The largest absolute Gasteiger partial charge is 0.373 e. The van der Waals surface area contributed by atoms with Gasteiger partial charge in [-0.2, -0.15) is 0 Å². The van der Waals surface area contributed by atoms with Crippen LogP contribution >= 0.6 is 0 Å². The Morgan fingerprint density at radius 1 is 1.15 bits per heavy atom. The predicted octanol–water partition coefficient (Wildman–Crippen LogP) is 2.63. The molecule has 0 spiro atoms. The summed E-state index contributed by atoms with van der Waals surface area (Å²) in [5.74, 6) is 0.873. The van der Waals surface area contributed by atoms with Gasteiger partial charge in [0, 0.05) is 45.2 Å². The Morgan fingerprint density at radius 3 is 2.42 bits per heavy atom. The van der Waals surface area contributed by atoms with Crippen LogP contribution in [0.1, 0.15) is 39.7 Å². The molecule has 0 saturated carbocycles. The van der Waals surface area contributed by atoms with Gasteiger partial charge in [0.1, 0.15) is 0 Å². The van der Waals surface area contributed by atoms with E-state index in [1.165, 1.54) is 5.56 Å². The van der Waals surface area contributed by atoms with Gasteiger partial charge in [0.15, 0.2) is 5.96 Å². The van der Waals surface area contributed by atoms with Crippen LogP contribution in [0.5, 0.6) is 0 Å². The molecule has 1 aromatic carbocycles. The number of ether oxygens (including phenoxy) is 1. The summed E-state index contributed by atoms with van der Waals surface area (Å²) in [6.45, 7) is 13.7. The molecular formula is C21H36N4O. The van der Waals surface area contributed by atoms with Crippen LogP contribution in [0, 0.1) is 0 Å². The second kappa shape index (κ2) is 9.93. The molecule has 0 aliphatic carbocycles. The molecule has 1 fully saturated rings. The van der Waals surface area contributed by atoms with E-state index in [-0.39, 0.29) is 5.41 Å². The lowest BCUT2D eigenvalue weighted by Gasteiger charge is -2.35. The van der Waals surface area contributed by atoms with E-state index in [0.29, 0.717) is 12.2 Å². The van der Waals surface area contributed by atoms with Gasteiger partial charge >= 0.3 is 0 Å². The predicted molar refractivity (Wildman–Crippen MR) is 110 cm³/mol. The molecule has 1 aromatic rings. The van der Waals surface area contributed by atoms with Crippen molar-refractivity contribution < 1.29 is 4.74 Å². The first kappa shape index (κ1) is 20.7. The lowest BCUT2D eigenvalue weighted by molar-refractivity contribution is -0.0679. The minimum absolute atomic E-state index is 0.0545. The van der Waals surface area contributed by atoms with E-state index in [0.717, 1.165) is 45.1 Å². The van der Waals surface area contributed by atoms with E-state index >= 15 is 0 Å². The molecule has 146 valence electrons. The normalized spacial score (nSPS) is 22.3. The topological polar surface area (TPSA) is 48.9 Å². The van der Waals surface area contributed by atoms with Gasteiger partial charge in [0.05, 0.1) is 12.2 Å². The monoisotopic (exact) mass is 360 g/mol. The van der Waals surface area contributed by atoms with Crippen LogP contribution in [0.3, 0.4) is 0 Å².